The van der Waals surface area contributed by atoms with Gasteiger partial charge in [0.25, 0.3) is 0 Å². The Balaban J connectivity index is 3.60. The van der Waals surface area contributed by atoms with Crippen LogP contribution in [0.3, 0.4) is 0 Å². The number of hydrogen-bond donors (Lipinski definition) is 1. The van der Waals surface area contributed by atoms with E-state index in [1.807, 2.05) is 0 Å². The van der Waals surface area contributed by atoms with E-state index in [2.05, 4.69) is 45.2 Å². The molecule has 0 fully saturated rings. The number of hydrogen-bond acceptors (Lipinski definition) is 2. The van der Waals surface area contributed by atoms with Gasteiger partial charge in [-0.25, -0.2) is 0 Å². The summed E-state index contributed by atoms with van der Waals surface area (Å²) < 4.78 is 0. The van der Waals surface area contributed by atoms with Crippen LogP contribution >= 0.6 is 0 Å². The van der Waals surface area contributed by atoms with E-state index in [4.69, 9.17) is 5.26 Å². The highest BCUT2D eigenvalue weighted by molar-refractivity contribution is 4.93. The lowest BCUT2D eigenvalue weighted by Gasteiger charge is -2.17. The second kappa shape index (κ2) is 7.58. The molecule has 2 nitrogen and oxygen atoms in total. The van der Waals surface area contributed by atoms with E-state index < -0.39 is 0 Å². The molecule has 0 aromatic carbocycles. The van der Waals surface area contributed by atoms with Crippen LogP contribution in [0.15, 0.2) is 11.6 Å². The van der Waals surface area contributed by atoms with Gasteiger partial charge in [0.1, 0.15) is 0 Å². The van der Waals surface area contributed by atoms with Gasteiger partial charge in [-0.15, -0.1) is 0 Å². The molecule has 0 rings (SSSR count). The second-order valence-corrected chi connectivity index (χ2v) is 4.19. The normalized spacial score (nSPS) is 14.2. The van der Waals surface area contributed by atoms with Crippen LogP contribution in [0.2, 0.25) is 0 Å². The smallest absolute Gasteiger partial charge is 0.0638 e. The monoisotopic (exact) mass is 194 g/mol. The fraction of sp³-hybridized carbons (Fsp3) is 0.750. The third kappa shape index (κ3) is 7.82. The molecular weight excluding hydrogens is 172 g/mol. The van der Waals surface area contributed by atoms with Crippen molar-refractivity contribution in [3.63, 3.8) is 0 Å². The Morgan fingerprint density at radius 2 is 2.00 bits per heavy atom. The van der Waals surface area contributed by atoms with Gasteiger partial charge in [0.15, 0.2) is 0 Å². The van der Waals surface area contributed by atoms with E-state index >= 15 is 0 Å². The number of rotatable bonds is 6. The maximum absolute atomic E-state index is 8.50. The van der Waals surface area contributed by atoms with Crippen molar-refractivity contribution in [2.75, 3.05) is 0 Å². The van der Waals surface area contributed by atoms with Gasteiger partial charge in [-0.3, -0.25) is 0 Å². The molecule has 0 bridgehead atoms. The van der Waals surface area contributed by atoms with E-state index in [-0.39, 0.29) is 0 Å². The third-order valence-corrected chi connectivity index (χ3v) is 2.12. The minimum atomic E-state index is 0.307. The van der Waals surface area contributed by atoms with Gasteiger partial charge >= 0.3 is 0 Å². The Hall–Kier alpha value is -0.810. The maximum atomic E-state index is 8.50. The summed E-state index contributed by atoms with van der Waals surface area (Å²) in [6.45, 7) is 8.47. The average Bonchev–Trinajstić information content (AvgIpc) is 2.03. The zero-order valence-electron chi connectivity index (χ0n) is 9.80. The van der Waals surface area contributed by atoms with Crippen molar-refractivity contribution in [2.24, 2.45) is 0 Å². The van der Waals surface area contributed by atoms with Crippen LogP contribution in [-0.2, 0) is 0 Å². The lowest BCUT2D eigenvalue weighted by molar-refractivity contribution is 0.452. The summed E-state index contributed by atoms with van der Waals surface area (Å²) in [4.78, 5) is 0. The quantitative estimate of drug-likeness (QED) is 0.660. The summed E-state index contributed by atoms with van der Waals surface area (Å²) in [6.07, 6.45) is 5.11. The summed E-state index contributed by atoms with van der Waals surface area (Å²) in [5.74, 6) is 0. The predicted molar refractivity (Wildman–Crippen MR) is 61.0 cm³/mol. The highest BCUT2D eigenvalue weighted by Gasteiger charge is 2.05. The van der Waals surface area contributed by atoms with E-state index in [0.29, 0.717) is 18.5 Å². The summed E-state index contributed by atoms with van der Waals surface area (Å²) in [5.41, 5.74) is 1.38. The number of nitriles is 1. The SMILES string of the molecule is CC(C)=CCCC(C)NC(C)CC#N. The van der Waals surface area contributed by atoms with Crippen LogP contribution in [0, 0.1) is 11.3 Å². The fourth-order valence-corrected chi connectivity index (χ4v) is 1.39. The molecule has 0 amide bonds. The lowest BCUT2D eigenvalue weighted by Crippen LogP contribution is -2.34. The molecule has 0 aliphatic rings. The highest BCUT2D eigenvalue weighted by atomic mass is 14.9. The highest BCUT2D eigenvalue weighted by Crippen LogP contribution is 2.02. The minimum absolute atomic E-state index is 0.307. The largest absolute Gasteiger partial charge is 0.311 e. The Kier molecular flexibility index (Phi) is 7.14. The standard InChI is InChI=1S/C12H22N2/c1-10(2)6-5-7-11(3)14-12(4)8-9-13/h6,11-12,14H,5,7-8H2,1-4H3. The Morgan fingerprint density at radius 1 is 1.36 bits per heavy atom. The van der Waals surface area contributed by atoms with Crippen LogP contribution in [0.4, 0.5) is 0 Å². The van der Waals surface area contributed by atoms with E-state index in [1.54, 1.807) is 0 Å². The first-order chi connectivity index (χ1) is 6.56. The van der Waals surface area contributed by atoms with Gasteiger partial charge in [0, 0.05) is 12.1 Å². The van der Waals surface area contributed by atoms with E-state index in [1.165, 1.54) is 5.57 Å². The summed E-state index contributed by atoms with van der Waals surface area (Å²) in [7, 11) is 0. The van der Waals surface area contributed by atoms with Crippen LogP contribution in [0.5, 0.6) is 0 Å². The van der Waals surface area contributed by atoms with E-state index in [9.17, 15) is 0 Å². The van der Waals surface area contributed by atoms with Crippen molar-refractivity contribution in [3.8, 4) is 6.07 Å². The molecule has 2 atom stereocenters. The maximum Gasteiger partial charge on any atom is 0.0638 e. The van der Waals surface area contributed by atoms with Crippen LogP contribution in [-0.4, -0.2) is 12.1 Å². The molecule has 0 heterocycles. The van der Waals surface area contributed by atoms with Crippen LogP contribution in [0.1, 0.15) is 47.0 Å². The van der Waals surface area contributed by atoms with E-state index in [0.717, 1.165) is 12.8 Å². The zero-order chi connectivity index (χ0) is 11.0. The molecule has 0 aromatic rings. The van der Waals surface area contributed by atoms with Gasteiger partial charge in [-0.2, -0.15) is 5.26 Å². The molecular formula is C12H22N2. The van der Waals surface area contributed by atoms with Crippen molar-refractivity contribution in [3.05, 3.63) is 11.6 Å². The minimum Gasteiger partial charge on any atom is -0.311 e. The molecule has 2 unspecified atom stereocenters. The van der Waals surface area contributed by atoms with Gasteiger partial charge in [-0.05, 0) is 40.5 Å². The first-order valence-corrected chi connectivity index (χ1v) is 5.32. The summed E-state index contributed by atoms with van der Waals surface area (Å²) in [6, 6.07) is 2.97. The van der Waals surface area contributed by atoms with Gasteiger partial charge in [0.2, 0.25) is 0 Å². The third-order valence-electron chi connectivity index (χ3n) is 2.12. The molecule has 0 saturated heterocycles. The first-order valence-electron chi connectivity index (χ1n) is 5.32. The van der Waals surface area contributed by atoms with Gasteiger partial charge in [-0.1, -0.05) is 11.6 Å². The summed E-state index contributed by atoms with van der Waals surface area (Å²) in [5, 5.41) is 11.9. The fourth-order valence-electron chi connectivity index (χ4n) is 1.39. The van der Waals surface area contributed by atoms with Crippen molar-refractivity contribution < 1.29 is 0 Å². The Morgan fingerprint density at radius 3 is 2.50 bits per heavy atom. The van der Waals surface area contributed by atoms with Crippen LogP contribution in [0.25, 0.3) is 0 Å². The molecule has 1 N–H and O–H groups in total. The van der Waals surface area contributed by atoms with Crippen molar-refractivity contribution in [2.45, 2.75) is 59.0 Å². The Labute approximate surface area is 88.0 Å². The predicted octanol–water partition coefficient (Wildman–Crippen LogP) is 3.01. The number of nitrogens with zero attached hydrogens (tertiary/aromatic N) is 1. The number of allylic oxidation sites excluding steroid dienone is 2. The number of nitrogens with one attached hydrogen (secondary N) is 1. The van der Waals surface area contributed by atoms with Crippen molar-refractivity contribution >= 4 is 0 Å². The topological polar surface area (TPSA) is 35.8 Å². The first kappa shape index (κ1) is 13.2. The van der Waals surface area contributed by atoms with Crippen molar-refractivity contribution in [1.29, 1.82) is 5.26 Å². The lowest BCUT2D eigenvalue weighted by atomic mass is 10.1. The molecule has 0 aliphatic heterocycles. The molecule has 80 valence electrons. The van der Waals surface area contributed by atoms with Gasteiger partial charge < -0.3 is 5.32 Å². The van der Waals surface area contributed by atoms with Gasteiger partial charge in [0.05, 0.1) is 12.5 Å². The molecule has 2 heteroatoms. The molecule has 0 aromatic heterocycles. The summed E-state index contributed by atoms with van der Waals surface area (Å²) >= 11 is 0. The van der Waals surface area contributed by atoms with Crippen LogP contribution < -0.4 is 5.32 Å². The molecule has 0 radical (unpaired) electrons. The molecule has 0 saturated carbocycles. The molecule has 0 spiro atoms. The van der Waals surface area contributed by atoms with Crippen molar-refractivity contribution in [1.82, 2.24) is 5.32 Å². The Bertz CT molecular complexity index is 209. The molecule has 0 aliphatic carbocycles. The second-order valence-electron chi connectivity index (χ2n) is 4.19. The average molecular weight is 194 g/mol. The molecule has 14 heavy (non-hydrogen) atoms. The zero-order valence-corrected chi connectivity index (χ0v) is 9.80.